The highest BCUT2D eigenvalue weighted by atomic mass is 16.5. The average Bonchev–Trinajstić information content (AvgIpc) is 3.00. The molecule has 5 nitrogen and oxygen atoms in total. The van der Waals surface area contributed by atoms with Crippen molar-refractivity contribution in [3.63, 3.8) is 0 Å². The van der Waals surface area contributed by atoms with Gasteiger partial charge in [0.1, 0.15) is 6.29 Å². The lowest BCUT2D eigenvalue weighted by atomic mass is 10.1. The zero-order chi connectivity index (χ0) is 19.4. The Kier molecular flexibility index (Phi) is 5.31. The van der Waals surface area contributed by atoms with Gasteiger partial charge in [-0.2, -0.15) is 0 Å². The predicted octanol–water partition coefficient (Wildman–Crippen LogP) is 3.95. The Morgan fingerprint density at radius 2 is 1.67 bits per heavy atom. The quantitative estimate of drug-likeness (QED) is 0.379. The monoisotopic (exact) mass is 361 g/mol. The number of hydrogen-bond acceptors (Lipinski definition) is 4. The van der Waals surface area contributed by atoms with Crippen LogP contribution in [-0.4, -0.2) is 29.2 Å². The van der Waals surface area contributed by atoms with E-state index in [0.29, 0.717) is 23.0 Å². The lowest BCUT2D eigenvalue weighted by Crippen LogP contribution is -2.15. The molecule has 0 saturated carbocycles. The SMILES string of the molecule is Cc1cc(C(=O)COC(=O)c2ccc(C=O)cc2)c(C)n1-c1ccccc1. The highest BCUT2D eigenvalue weighted by Gasteiger charge is 2.18. The molecule has 0 fully saturated rings. The summed E-state index contributed by atoms with van der Waals surface area (Å²) in [6.07, 6.45) is 0.696. The molecule has 0 bridgehead atoms. The van der Waals surface area contributed by atoms with Crippen LogP contribution >= 0.6 is 0 Å². The number of carbonyl (C=O) groups is 3. The van der Waals surface area contributed by atoms with Crippen LogP contribution in [0.25, 0.3) is 5.69 Å². The molecule has 0 spiro atoms. The summed E-state index contributed by atoms with van der Waals surface area (Å²) in [6, 6.07) is 17.6. The van der Waals surface area contributed by atoms with E-state index in [-0.39, 0.29) is 12.4 Å². The normalized spacial score (nSPS) is 10.4. The second kappa shape index (κ2) is 7.83. The Labute approximate surface area is 157 Å². The third kappa shape index (κ3) is 3.87. The number of ketones is 1. The summed E-state index contributed by atoms with van der Waals surface area (Å²) >= 11 is 0. The Balaban J connectivity index is 1.73. The molecule has 0 unspecified atom stereocenters. The number of aromatic nitrogens is 1. The summed E-state index contributed by atoms with van der Waals surface area (Å²) in [5.41, 5.74) is 3.99. The minimum Gasteiger partial charge on any atom is -0.454 e. The molecule has 5 heteroatoms. The number of rotatable bonds is 6. The second-order valence-electron chi connectivity index (χ2n) is 6.19. The lowest BCUT2D eigenvalue weighted by Gasteiger charge is -2.09. The molecule has 1 heterocycles. The van der Waals surface area contributed by atoms with Gasteiger partial charge in [0.2, 0.25) is 5.78 Å². The number of benzene rings is 2. The van der Waals surface area contributed by atoms with Crippen LogP contribution in [0.1, 0.15) is 42.5 Å². The molecule has 0 radical (unpaired) electrons. The van der Waals surface area contributed by atoms with Crippen LogP contribution in [0, 0.1) is 13.8 Å². The van der Waals surface area contributed by atoms with Gasteiger partial charge >= 0.3 is 5.97 Å². The molecule has 2 aromatic carbocycles. The van der Waals surface area contributed by atoms with Crippen molar-refractivity contribution in [1.29, 1.82) is 0 Å². The van der Waals surface area contributed by atoms with E-state index in [4.69, 9.17) is 4.74 Å². The van der Waals surface area contributed by atoms with E-state index in [1.165, 1.54) is 24.3 Å². The van der Waals surface area contributed by atoms with Gasteiger partial charge in [0, 0.05) is 28.2 Å². The molecule has 0 saturated heterocycles. The largest absolute Gasteiger partial charge is 0.454 e. The second-order valence-corrected chi connectivity index (χ2v) is 6.19. The fraction of sp³-hybridized carbons (Fsp3) is 0.136. The molecule has 0 aliphatic carbocycles. The number of aldehydes is 1. The van der Waals surface area contributed by atoms with Crippen molar-refractivity contribution in [2.75, 3.05) is 6.61 Å². The first kappa shape index (κ1) is 18.3. The van der Waals surface area contributed by atoms with Gasteiger partial charge in [-0.1, -0.05) is 30.3 Å². The Morgan fingerprint density at radius 3 is 2.30 bits per heavy atom. The minimum absolute atomic E-state index is 0.261. The van der Waals surface area contributed by atoms with Gasteiger partial charge in [-0.15, -0.1) is 0 Å². The summed E-state index contributed by atoms with van der Waals surface area (Å²) in [6.45, 7) is 3.46. The number of para-hydroxylation sites is 1. The molecule has 3 aromatic rings. The summed E-state index contributed by atoms with van der Waals surface area (Å²) in [5, 5.41) is 0. The summed E-state index contributed by atoms with van der Waals surface area (Å²) in [7, 11) is 0. The van der Waals surface area contributed by atoms with E-state index < -0.39 is 5.97 Å². The van der Waals surface area contributed by atoms with Crippen LogP contribution in [0.5, 0.6) is 0 Å². The van der Waals surface area contributed by atoms with E-state index in [1.54, 1.807) is 6.07 Å². The van der Waals surface area contributed by atoms with Gasteiger partial charge in [0.25, 0.3) is 0 Å². The van der Waals surface area contributed by atoms with Crippen molar-refractivity contribution in [3.05, 3.63) is 88.7 Å². The molecule has 27 heavy (non-hydrogen) atoms. The van der Waals surface area contributed by atoms with Crippen LogP contribution in [0.4, 0.5) is 0 Å². The molecule has 0 aliphatic rings. The first-order valence-electron chi connectivity index (χ1n) is 8.51. The smallest absolute Gasteiger partial charge is 0.338 e. The predicted molar refractivity (Wildman–Crippen MR) is 102 cm³/mol. The first-order chi connectivity index (χ1) is 13.0. The number of Topliss-reactive ketones (excluding diaryl/α,β-unsaturated/α-hetero) is 1. The fourth-order valence-corrected chi connectivity index (χ4v) is 3.01. The molecule has 136 valence electrons. The van der Waals surface area contributed by atoms with Gasteiger partial charge in [0.15, 0.2) is 6.61 Å². The highest BCUT2D eigenvalue weighted by Crippen LogP contribution is 2.21. The van der Waals surface area contributed by atoms with Crippen LogP contribution in [0.15, 0.2) is 60.7 Å². The number of nitrogens with zero attached hydrogens (tertiary/aromatic N) is 1. The Morgan fingerprint density at radius 1 is 1.00 bits per heavy atom. The minimum atomic E-state index is -0.599. The number of hydrogen-bond donors (Lipinski definition) is 0. The lowest BCUT2D eigenvalue weighted by molar-refractivity contribution is 0.0474. The Hall–Kier alpha value is -3.47. The third-order valence-electron chi connectivity index (χ3n) is 4.36. The number of esters is 1. The van der Waals surface area contributed by atoms with Gasteiger partial charge in [-0.3, -0.25) is 9.59 Å². The topological polar surface area (TPSA) is 65.4 Å². The van der Waals surface area contributed by atoms with E-state index in [2.05, 4.69) is 0 Å². The molecular formula is C22H19NO4. The van der Waals surface area contributed by atoms with E-state index >= 15 is 0 Å². The third-order valence-corrected chi connectivity index (χ3v) is 4.36. The van der Waals surface area contributed by atoms with Crippen LogP contribution in [-0.2, 0) is 4.74 Å². The number of aryl methyl sites for hydroxylation is 1. The van der Waals surface area contributed by atoms with Crippen molar-refractivity contribution >= 4 is 18.0 Å². The van der Waals surface area contributed by atoms with Gasteiger partial charge in [-0.05, 0) is 44.2 Å². The molecule has 0 N–H and O–H groups in total. The average molecular weight is 361 g/mol. The van der Waals surface area contributed by atoms with Gasteiger partial charge < -0.3 is 9.30 Å². The van der Waals surface area contributed by atoms with Crippen molar-refractivity contribution in [2.24, 2.45) is 0 Å². The van der Waals surface area contributed by atoms with Crippen molar-refractivity contribution < 1.29 is 19.1 Å². The summed E-state index contributed by atoms with van der Waals surface area (Å²) < 4.78 is 7.13. The standard InChI is InChI=1S/C22H19NO4/c1-15-12-20(16(2)23(15)19-6-4-3-5-7-19)21(25)14-27-22(26)18-10-8-17(13-24)9-11-18/h3-13H,14H2,1-2H3. The first-order valence-corrected chi connectivity index (χ1v) is 8.51. The molecule has 1 aromatic heterocycles. The van der Waals surface area contributed by atoms with Crippen LogP contribution in [0.2, 0.25) is 0 Å². The van der Waals surface area contributed by atoms with Crippen molar-refractivity contribution in [2.45, 2.75) is 13.8 Å². The van der Waals surface area contributed by atoms with Crippen molar-refractivity contribution in [3.8, 4) is 5.69 Å². The molecule has 0 aliphatic heterocycles. The van der Waals surface area contributed by atoms with E-state index in [0.717, 1.165) is 17.1 Å². The maximum Gasteiger partial charge on any atom is 0.338 e. The maximum atomic E-state index is 12.6. The zero-order valence-electron chi connectivity index (χ0n) is 15.1. The fourth-order valence-electron chi connectivity index (χ4n) is 3.01. The molecule has 0 amide bonds. The summed E-state index contributed by atoms with van der Waals surface area (Å²) in [4.78, 5) is 35.3. The van der Waals surface area contributed by atoms with Gasteiger partial charge in [-0.25, -0.2) is 4.79 Å². The Bertz CT molecular complexity index is 985. The highest BCUT2D eigenvalue weighted by molar-refractivity contribution is 6.00. The van der Waals surface area contributed by atoms with E-state index in [1.807, 2.05) is 48.7 Å². The van der Waals surface area contributed by atoms with E-state index in [9.17, 15) is 14.4 Å². The molecular weight excluding hydrogens is 342 g/mol. The number of carbonyl (C=O) groups excluding carboxylic acids is 3. The van der Waals surface area contributed by atoms with Crippen LogP contribution < -0.4 is 0 Å². The van der Waals surface area contributed by atoms with Crippen LogP contribution in [0.3, 0.4) is 0 Å². The zero-order valence-corrected chi connectivity index (χ0v) is 15.1. The summed E-state index contributed by atoms with van der Waals surface area (Å²) in [5.74, 6) is -0.860. The number of ether oxygens (including phenoxy) is 1. The van der Waals surface area contributed by atoms with Crippen molar-refractivity contribution in [1.82, 2.24) is 4.57 Å². The van der Waals surface area contributed by atoms with Gasteiger partial charge in [0.05, 0.1) is 5.56 Å². The maximum absolute atomic E-state index is 12.6. The molecule has 0 atom stereocenters. The molecule has 3 rings (SSSR count).